The van der Waals surface area contributed by atoms with E-state index >= 15 is 0 Å². The number of carbonyl (C=O) groups excluding carboxylic acids is 1. The van der Waals surface area contributed by atoms with E-state index in [1.165, 1.54) is 11.8 Å². The molecule has 28 heavy (non-hydrogen) atoms. The average molecular weight is 397 g/mol. The third kappa shape index (κ3) is 3.39. The smallest absolute Gasteiger partial charge is 0.277 e. The van der Waals surface area contributed by atoms with Crippen molar-refractivity contribution in [2.24, 2.45) is 0 Å². The minimum atomic E-state index is -0.432. The number of thioether (sulfide) groups is 1. The molecule has 0 radical (unpaired) electrons. The van der Waals surface area contributed by atoms with Crippen molar-refractivity contribution in [3.8, 4) is 6.07 Å². The average Bonchev–Trinajstić information content (AvgIpc) is 2.98. The van der Waals surface area contributed by atoms with Crippen molar-refractivity contribution in [3.05, 3.63) is 44.2 Å². The van der Waals surface area contributed by atoms with Crippen LogP contribution >= 0.6 is 11.8 Å². The number of aromatic nitrogens is 3. The maximum absolute atomic E-state index is 12.4. The number of hydrogen-bond acceptors (Lipinski definition) is 7. The summed E-state index contributed by atoms with van der Waals surface area (Å²) in [4.78, 5) is 29.0. The third-order valence-corrected chi connectivity index (χ3v) is 5.64. The molecule has 0 saturated heterocycles. The first kappa shape index (κ1) is 19.6. The van der Waals surface area contributed by atoms with E-state index in [1.54, 1.807) is 13.8 Å². The third-order valence-electron chi connectivity index (χ3n) is 4.67. The summed E-state index contributed by atoms with van der Waals surface area (Å²) in [5.74, 6) is 0.255. The van der Waals surface area contributed by atoms with Gasteiger partial charge in [-0.25, -0.2) is 10.1 Å². The second-order valence-corrected chi connectivity index (χ2v) is 7.42. The lowest BCUT2D eigenvalue weighted by Crippen LogP contribution is -2.16. The second-order valence-electron chi connectivity index (χ2n) is 6.45. The second kappa shape index (κ2) is 7.48. The van der Waals surface area contributed by atoms with Gasteiger partial charge in [-0.3, -0.25) is 14.9 Å². The van der Waals surface area contributed by atoms with Crippen LogP contribution in [0.25, 0.3) is 10.8 Å². The number of amides is 1. The lowest BCUT2D eigenvalue weighted by molar-refractivity contribution is -0.113. The highest BCUT2D eigenvalue weighted by Crippen LogP contribution is 2.29. The summed E-state index contributed by atoms with van der Waals surface area (Å²) in [5, 5.41) is 19.7. The van der Waals surface area contributed by atoms with Crippen molar-refractivity contribution < 1.29 is 9.21 Å². The van der Waals surface area contributed by atoms with E-state index in [-0.39, 0.29) is 22.9 Å². The van der Waals surface area contributed by atoms with Crippen LogP contribution in [0.4, 0.5) is 5.88 Å². The lowest BCUT2D eigenvalue weighted by Gasteiger charge is -2.10. The Kier molecular flexibility index (Phi) is 5.25. The maximum Gasteiger partial charge on any atom is 0.277 e. The number of furan rings is 1. The highest BCUT2D eigenvalue weighted by molar-refractivity contribution is 8.00. The number of nitrogens with zero attached hydrogens (tertiary/aromatic N) is 3. The fourth-order valence-corrected chi connectivity index (χ4v) is 3.86. The van der Waals surface area contributed by atoms with Gasteiger partial charge in [0.25, 0.3) is 5.56 Å². The van der Waals surface area contributed by atoms with Crippen molar-refractivity contribution in [2.75, 3.05) is 11.1 Å². The summed E-state index contributed by atoms with van der Waals surface area (Å²) < 4.78 is 5.58. The number of nitrogens with one attached hydrogen (secondary N) is 2. The Morgan fingerprint density at radius 2 is 1.89 bits per heavy atom. The number of aromatic amines is 1. The molecule has 0 spiro atoms. The summed E-state index contributed by atoms with van der Waals surface area (Å²) in [6, 6.07) is 2.16. The van der Waals surface area contributed by atoms with E-state index in [9.17, 15) is 14.9 Å². The molecule has 3 aromatic rings. The molecular weight excluding hydrogens is 378 g/mol. The molecular formula is C19H19N5O3S. The van der Waals surface area contributed by atoms with E-state index in [0.717, 1.165) is 16.8 Å². The zero-order chi connectivity index (χ0) is 20.6. The Morgan fingerprint density at radius 1 is 1.18 bits per heavy atom. The van der Waals surface area contributed by atoms with Gasteiger partial charge in [0.15, 0.2) is 0 Å². The van der Waals surface area contributed by atoms with Crippen LogP contribution in [0.1, 0.15) is 33.8 Å². The molecule has 144 valence electrons. The molecule has 1 amide bonds. The summed E-state index contributed by atoms with van der Waals surface area (Å²) in [6.45, 7) is 9.11. The van der Waals surface area contributed by atoms with Gasteiger partial charge in [0.1, 0.15) is 22.2 Å². The largest absolute Gasteiger partial charge is 0.444 e. The van der Waals surface area contributed by atoms with Gasteiger partial charge in [0.05, 0.1) is 22.4 Å². The van der Waals surface area contributed by atoms with E-state index in [0.29, 0.717) is 27.4 Å². The molecule has 0 bridgehead atoms. The van der Waals surface area contributed by atoms with Gasteiger partial charge in [0, 0.05) is 5.69 Å². The number of pyridine rings is 1. The van der Waals surface area contributed by atoms with Crippen LogP contribution in [-0.2, 0) is 4.79 Å². The zero-order valence-electron chi connectivity index (χ0n) is 16.2. The van der Waals surface area contributed by atoms with Crippen LogP contribution < -0.4 is 10.9 Å². The fourth-order valence-electron chi connectivity index (χ4n) is 2.98. The standard InChI is InChI=1S/C19H19N5O3S/c1-8-9(2)13(6-20)19(21-10(8)3)28-7-14(25)22-18-16-15(12(5)27-18)11(4)23-24-17(16)26/h7H2,1-5H3,(H,22,25)(H,24,26). The predicted octanol–water partition coefficient (Wildman–Crippen LogP) is 3.06. The molecule has 0 unspecified atom stereocenters. The first-order valence-electron chi connectivity index (χ1n) is 8.53. The van der Waals surface area contributed by atoms with Crippen LogP contribution in [0.5, 0.6) is 0 Å². The SMILES string of the molecule is Cc1nc(SCC(=O)Nc2oc(C)c3c(C)n[nH]c(=O)c23)c(C#N)c(C)c1C. The van der Waals surface area contributed by atoms with Crippen LogP contribution in [0, 0.1) is 45.9 Å². The Bertz CT molecular complexity index is 1200. The van der Waals surface area contributed by atoms with Crippen LogP contribution in [-0.4, -0.2) is 26.8 Å². The number of carbonyl (C=O) groups is 1. The van der Waals surface area contributed by atoms with E-state index in [1.807, 2.05) is 20.8 Å². The highest BCUT2D eigenvalue weighted by atomic mass is 32.2. The molecule has 0 aliphatic rings. The van der Waals surface area contributed by atoms with E-state index in [2.05, 4.69) is 26.6 Å². The molecule has 0 aliphatic carbocycles. The number of rotatable bonds is 4. The molecule has 0 fully saturated rings. The van der Waals surface area contributed by atoms with Crippen molar-refractivity contribution >= 4 is 34.3 Å². The molecule has 0 aliphatic heterocycles. The molecule has 0 atom stereocenters. The van der Waals surface area contributed by atoms with Gasteiger partial charge >= 0.3 is 0 Å². The summed E-state index contributed by atoms with van der Waals surface area (Å²) >= 11 is 1.17. The monoisotopic (exact) mass is 397 g/mol. The zero-order valence-corrected chi connectivity index (χ0v) is 17.0. The Hall–Kier alpha value is -3.12. The first-order chi connectivity index (χ1) is 13.2. The van der Waals surface area contributed by atoms with Gasteiger partial charge in [0.2, 0.25) is 11.8 Å². The molecule has 0 saturated carbocycles. The molecule has 0 aromatic carbocycles. The van der Waals surface area contributed by atoms with Gasteiger partial charge in [-0.1, -0.05) is 11.8 Å². The molecule has 2 N–H and O–H groups in total. The highest BCUT2D eigenvalue weighted by Gasteiger charge is 2.20. The quantitative estimate of drug-likeness (QED) is 0.648. The molecule has 3 heterocycles. The molecule has 9 heteroatoms. The number of fused-ring (bicyclic) bond motifs is 1. The lowest BCUT2D eigenvalue weighted by atomic mass is 10.1. The number of anilines is 1. The Labute approximate surface area is 165 Å². The van der Waals surface area contributed by atoms with Crippen molar-refractivity contribution in [3.63, 3.8) is 0 Å². The normalized spacial score (nSPS) is 10.9. The maximum atomic E-state index is 12.4. The molecule has 8 nitrogen and oxygen atoms in total. The summed E-state index contributed by atoms with van der Waals surface area (Å²) in [7, 11) is 0. The van der Waals surface area contributed by atoms with Crippen LogP contribution in [0.3, 0.4) is 0 Å². The van der Waals surface area contributed by atoms with Crippen LogP contribution in [0.2, 0.25) is 0 Å². The first-order valence-corrected chi connectivity index (χ1v) is 9.52. The van der Waals surface area contributed by atoms with E-state index in [4.69, 9.17) is 4.42 Å². The van der Waals surface area contributed by atoms with Gasteiger partial charge in [-0.05, 0) is 45.7 Å². The Balaban J connectivity index is 1.84. The Morgan fingerprint density at radius 3 is 2.57 bits per heavy atom. The number of H-pyrrole nitrogens is 1. The van der Waals surface area contributed by atoms with Crippen molar-refractivity contribution in [2.45, 2.75) is 39.6 Å². The minimum Gasteiger partial charge on any atom is -0.444 e. The predicted molar refractivity (Wildman–Crippen MR) is 107 cm³/mol. The molecule has 3 aromatic heterocycles. The van der Waals surface area contributed by atoms with Crippen molar-refractivity contribution in [1.29, 1.82) is 5.26 Å². The topological polar surface area (TPSA) is 125 Å². The summed E-state index contributed by atoms with van der Waals surface area (Å²) in [6.07, 6.45) is 0. The van der Waals surface area contributed by atoms with Crippen LogP contribution in [0.15, 0.2) is 14.2 Å². The fraction of sp³-hybridized carbons (Fsp3) is 0.316. The summed E-state index contributed by atoms with van der Waals surface area (Å²) in [5.41, 5.74) is 3.30. The van der Waals surface area contributed by atoms with Gasteiger partial charge < -0.3 is 4.42 Å². The minimum absolute atomic E-state index is 0.0207. The number of hydrogen-bond donors (Lipinski definition) is 2. The van der Waals surface area contributed by atoms with Gasteiger partial charge in [-0.15, -0.1) is 0 Å². The molecule has 3 rings (SSSR count). The number of nitriles is 1. The van der Waals surface area contributed by atoms with Gasteiger partial charge in [-0.2, -0.15) is 10.4 Å². The van der Waals surface area contributed by atoms with E-state index < -0.39 is 5.56 Å². The van der Waals surface area contributed by atoms with Crippen molar-refractivity contribution in [1.82, 2.24) is 15.2 Å². The number of aryl methyl sites for hydroxylation is 3.